The number of aromatic nitrogens is 2. The van der Waals surface area contributed by atoms with Crippen LogP contribution in [0.2, 0.25) is 0 Å². The molecule has 2 rings (SSSR count). The fraction of sp³-hybridized carbons (Fsp3) is 0.273. The van der Waals surface area contributed by atoms with Crippen molar-refractivity contribution in [3.05, 3.63) is 36.0 Å². The fourth-order valence-corrected chi connectivity index (χ4v) is 1.53. The molecule has 0 saturated carbocycles. The molecule has 2 heterocycles. The predicted molar refractivity (Wildman–Crippen MR) is 62.0 cm³/mol. The highest BCUT2D eigenvalue weighted by atomic mass is 32.1. The Morgan fingerprint density at radius 2 is 2.20 bits per heavy atom. The van der Waals surface area contributed by atoms with Gasteiger partial charge in [-0.15, -0.1) is 0 Å². The summed E-state index contributed by atoms with van der Waals surface area (Å²) in [6.45, 7) is 1.92. The Morgan fingerprint density at radius 3 is 2.87 bits per heavy atom. The van der Waals surface area contributed by atoms with Crippen LogP contribution in [0, 0.1) is 6.92 Å². The zero-order valence-corrected chi connectivity index (χ0v) is 9.37. The number of rotatable bonds is 3. The van der Waals surface area contributed by atoms with Crippen LogP contribution in [0.5, 0.6) is 0 Å². The van der Waals surface area contributed by atoms with Crippen molar-refractivity contribution < 1.29 is 4.42 Å². The lowest BCUT2D eigenvalue weighted by Gasteiger charge is -1.99. The molecule has 0 unspecified atom stereocenters. The van der Waals surface area contributed by atoms with Gasteiger partial charge in [0.15, 0.2) is 5.76 Å². The SMILES string of the molecule is Cc1ccc(-c2ccnc(CCS)n2)o1. The molecule has 2 aromatic rings. The monoisotopic (exact) mass is 220 g/mol. The summed E-state index contributed by atoms with van der Waals surface area (Å²) in [5.41, 5.74) is 0.829. The van der Waals surface area contributed by atoms with Gasteiger partial charge in [0.25, 0.3) is 0 Å². The van der Waals surface area contributed by atoms with Crippen LogP contribution < -0.4 is 0 Å². The van der Waals surface area contributed by atoms with Gasteiger partial charge in [0.1, 0.15) is 17.3 Å². The van der Waals surface area contributed by atoms with Crippen LogP contribution >= 0.6 is 12.6 Å². The quantitative estimate of drug-likeness (QED) is 0.808. The molecule has 0 atom stereocenters. The van der Waals surface area contributed by atoms with E-state index in [1.165, 1.54) is 0 Å². The lowest BCUT2D eigenvalue weighted by atomic mass is 10.3. The molecule has 0 aliphatic rings. The zero-order chi connectivity index (χ0) is 10.7. The van der Waals surface area contributed by atoms with Gasteiger partial charge >= 0.3 is 0 Å². The first-order chi connectivity index (χ1) is 7.29. The summed E-state index contributed by atoms with van der Waals surface area (Å²) >= 11 is 4.15. The van der Waals surface area contributed by atoms with Crippen molar-refractivity contribution in [3.8, 4) is 11.5 Å². The molecule has 0 N–H and O–H groups in total. The molecular weight excluding hydrogens is 208 g/mol. The van der Waals surface area contributed by atoms with Crippen LogP contribution in [-0.2, 0) is 6.42 Å². The topological polar surface area (TPSA) is 38.9 Å². The van der Waals surface area contributed by atoms with Crippen LogP contribution in [-0.4, -0.2) is 15.7 Å². The number of hydrogen-bond donors (Lipinski definition) is 1. The summed E-state index contributed by atoms with van der Waals surface area (Å²) in [7, 11) is 0. The van der Waals surface area contributed by atoms with Crippen LogP contribution in [0.4, 0.5) is 0 Å². The lowest BCUT2D eigenvalue weighted by molar-refractivity contribution is 0.546. The summed E-state index contributed by atoms with van der Waals surface area (Å²) in [5.74, 6) is 3.23. The van der Waals surface area contributed by atoms with E-state index in [1.807, 2.05) is 25.1 Å². The molecule has 2 aromatic heterocycles. The minimum atomic E-state index is 0.751. The van der Waals surface area contributed by atoms with E-state index in [4.69, 9.17) is 4.42 Å². The second-order valence-corrected chi connectivity index (χ2v) is 3.69. The summed E-state index contributed by atoms with van der Waals surface area (Å²) in [6, 6.07) is 5.69. The normalized spacial score (nSPS) is 10.5. The van der Waals surface area contributed by atoms with E-state index >= 15 is 0 Å². The van der Waals surface area contributed by atoms with Crippen molar-refractivity contribution in [3.63, 3.8) is 0 Å². The van der Waals surface area contributed by atoms with E-state index in [1.54, 1.807) is 6.20 Å². The fourth-order valence-electron chi connectivity index (χ4n) is 1.33. The largest absolute Gasteiger partial charge is 0.460 e. The van der Waals surface area contributed by atoms with Gasteiger partial charge in [-0.2, -0.15) is 12.6 Å². The van der Waals surface area contributed by atoms with Crippen molar-refractivity contribution in [2.75, 3.05) is 5.75 Å². The third-order valence-corrected chi connectivity index (χ3v) is 2.26. The molecule has 3 nitrogen and oxygen atoms in total. The van der Waals surface area contributed by atoms with Gasteiger partial charge in [0.2, 0.25) is 0 Å². The molecule has 15 heavy (non-hydrogen) atoms. The molecule has 4 heteroatoms. The molecule has 0 amide bonds. The Labute approximate surface area is 94.0 Å². The number of hydrogen-bond acceptors (Lipinski definition) is 4. The van der Waals surface area contributed by atoms with Gasteiger partial charge in [0, 0.05) is 12.6 Å². The van der Waals surface area contributed by atoms with Crippen molar-refractivity contribution in [2.24, 2.45) is 0 Å². The minimum absolute atomic E-state index is 0.751. The average molecular weight is 220 g/mol. The van der Waals surface area contributed by atoms with Gasteiger partial charge in [0.05, 0.1) is 0 Å². The van der Waals surface area contributed by atoms with Crippen molar-refractivity contribution in [1.82, 2.24) is 9.97 Å². The maximum absolute atomic E-state index is 5.49. The number of aryl methyl sites for hydroxylation is 2. The Hall–Kier alpha value is -1.29. The van der Waals surface area contributed by atoms with Crippen molar-refractivity contribution in [1.29, 1.82) is 0 Å². The predicted octanol–water partition coefficient (Wildman–Crippen LogP) is 2.52. The molecular formula is C11H12N2OS. The van der Waals surface area contributed by atoms with Crippen molar-refractivity contribution >= 4 is 12.6 Å². The highest BCUT2D eigenvalue weighted by Crippen LogP contribution is 2.19. The first-order valence-corrected chi connectivity index (χ1v) is 5.42. The lowest BCUT2D eigenvalue weighted by Crippen LogP contribution is -1.96. The van der Waals surface area contributed by atoms with Crippen LogP contribution in [0.25, 0.3) is 11.5 Å². The third-order valence-electron chi connectivity index (χ3n) is 2.03. The molecule has 0 bridgehead atoms. The maximum atomic E-state index is 5.49. The minimum Gasteiger partial charge on any atom is -0.460 e. The van der Waals surface area contributed by atoms with Crippen LogP contribution in [0.1, 0.15) is 11.6 Å². The number of thiol groups is 1. The molecule has 0 fully saturated rings. The zero-order valence-electron chi connectivity index (χ0n) is 8.47. The Kier molecular flexibility index (Phi) is 3.06. The van der Waals surface area contributed by atoms with Crippen LogP contribution in [0.3, 0.4) is 0 Å². The third kappa shape index (κ3) is 2.39. The van der Waals surface area contributed by atoms with Crippen LogP contribution in [0.15, 0.2) is 28.8 Å². The molecule has 78 valence electrons. The van der Waals surface area contributed by atoms with Gasteiger partial charge in [-0.25, -0.2) is 9.97 Å². The van der Waals surface area contributed by atoms with E-state index in [9.17, 15) is 0 Å². The average Bonchev–Trinajstić information content (AvgIpc) is 2.66. The number of nitrogens with zero attached hydrogens (tertiary/aromatic N) is 2. The smallest absolute Gasteiger partial charge is 0.152 e. The highest BCUT2D eigenvalue weighted by molar-refractivity contribution is 7.80. The van der Waals surface area contributed by atoms with Gasteiger partial charge < -0.3 is 4.42 Å². The molecule has 0 aliphatic heterocycles. The first kappa shape index (κ1) is 10.2. The Balaban J connectivity index is 2.32. The number of furan rings is 1. The Bertz CT molecular complexity index is 453. The summed E-state index contributed by atoms with van der Waals surface area (Å²) < 4.78 is 5.49. The van der Waals surface area contributed by atoms with E-state index in [0.717, 1.165) is 35.2 Å². The van der Waals surface area contributed by atoms with Gasteiger partial charge in [-0.3, -0.25) is 0 Å². The first-order valence-electron chi connectivity index (χ1n) is 4.79. The molecule has 0 spiro atoms. The summed E-state index contributed by atoms with van der Waals surface area (Å²) in [4.78, 5) is 8.55. The van der Waals surface area contributed by atoms with E-state index in [-0.39, 0.29) is 0 Å². The van der Waals surface area contributed by atoms with E-state index in [2.05, 4.69) is 22.6 Å². The van der Waals surface area contributed by atoms with E-state index < -0.39 is 0 Å². The summed E-state index contributed by atoms with van der Waals surface area (Å²) in [5, 5.41) is 0. The molecule has 0 aliphatic carbocycles. The van der Waals surface area contributed by atoms with E-state index in [0.29, 0.717) is 0 Å². The summed E-state index contributed by atoms with van der Waals surface area (Å²) in [6.07, 6.45) is 2.52. The highest BCUT2D eigenvalue weighted by Gasteiger charge is 2.05. The molecule has 0 radical (unpaired) electrons. The molecule has 0 saturated heterocycles. The van der Waals surface area contributed by atoms with Gasteiger partial charge in [-0.05, 0) is 30.9 Å². The second kappa shape index (κ2) is 4.49. The van der Waals surface area contributed by atoms with Crippen molar-refractivity contribution in [2.45, 2.75) is 13.3 Å². The van der Waals surface area contributed by atoms with Gasteiger partial charge in [-0.1, -0.05) is 0 Å². The standard InChI is InChI=1S/C11H12N2OS/c1-8-2-3-10(14-8)9-4-6-12-11(13-9)5-7-15/h2-4,6,15H,5,7H2,1H3. The second-order valence-electron chi connectivity index (χ2n) is 3.24. The maximum Gasteiger partial charge on any atom is 0.152 e. The Morgan fingerprint density at radius 1 is 1.33 bits per heavy atom. The molecule has 0 aromatic carbocycles.